The van der Waals surface area contributed by atoms with Gasteiger partial charge in [-0.2, -0.15) is 5.10 Å². The van der Waals surface area contributed by atoms with Crippen LogP contribution in [0.1, 0.15) is 11.1 Å². The van der Waals surface area contributed by atoms with Crippen molar-refractivity contribution in [1.29, 1.82) is 0 Å². The second-order valence-electron chi connectivity index (χ2n) is 3.87. The van der Waals surface area contributed by atoms with Crippen LogP contribution >= 0.6 is 31.9 Å². The van der Waals surface area contributed by atoms with Crippen molar-refractivity contribution in [2.75, 3.05) is 0 Å². The fraction of sp³-hybridized carbons (Fsp3) is 0.0714. The van der Waals surface area contributed by atoms with E-state index < -0.39 is 0 Å². The van der Waals surface area contributed by atoms with Crippen molar-refractivity contribution in [1.82, 2.24) is 0 Å². The topological polar surface area (TPSA) is 47.6 Å². The van der Waals surface area contributed by atoms with Crippen LogP contribution in [0.3, 0.4) is 0 Å². The predicted octanol–water partition coefficient (Wildman–Crippen LogP) is 4.08. The molecule has 0 amide bonds. The molecule has 0 aromatic heterocycles. The first-order valence-corrected chi connectivity index (χ1v) is 7.18. The third-order valence-electron chi connectivity index (χ3n) is 2.47. The number of hydrogen-bond donors (Lipinski definition) is 1. The maximum atomic E-state index is 5.82. The van der Waals surface area contributed by atoms with Crippen LogP contribution in [0, 0.1) is 0 Å². The lowest BCUT2D eigenvalue weighted by molar-refractivity contribution is 0.302. The standard InChI is InChI=1S/C14H12Br2N2O/c15-12-6-11(8-18-17)7-13(16)14(12)19-9-10-4-2-1-3-5-10/h1-8H,9,17H2/b18-8-. The number of ether oxygens (including phenoxy) is 1. The normalized spacial score (nSPS) is 10.8. The third-order valence-corrected chi connectivity index (χ3v) is 3.65. The minimum atomic E-state index is 0.516. The Bertz CT molecular complexity index is 562. The minimum absolute atomic E-state index is 0.516. The molecule has 0 saturated heterocycles. The van der Waals surface area contributed by atoms with Crippen LogP contribution in [-0.2, 0) is 6.61 Å². The van der Waals surface area contributed by atoms with Crippen LogP contribution in [0.2, 0.25) is 0 Å². The molecule has 0 aliphatic rings. The van der Waals surface area contributed by atoms with E-state index in [4.69, 9.17) is 10.6 Å². The van der Waals surface area contributed by atoms with Crippen LogP contribution in [0.25, 0.3) is 0 Å². The van der Waals surface area contributed by atoms with E-state index in [0.717, 1.165) is 25.8 Å². The van der Waals surface area contributed by atoms with Crippen molar-refractivity contribution in [3.05, 3.63) is 62.5 Å². The highest BCUT2D eigenvalue weighted by Gasteiger charge is 2.08. The van der Waals surface area contributed by atoms with Gasteiger partial charge in [0.15, 0.2) is 0 Å². The largest absolute Gasteiger partial charge is 0.487 e. The first-order valence-electron chi connectivity index (χ1n) is 5.59. The Balaban J connectivity index is 2.17. The lowest BCUT2D eigenvalue weighted by Gasteiger charge is -2.11. The van der Waals surface area contributed by atoms with Crippen molar-refractivity contribution in [2.24, 2.45) is 10.9 Å². The molecule has 0 unspecified atom stereocenters. The maximum absolute atomic E-state index is 5.82. The van der Waals surface area contributed by atoms with Gasteiger partial charge in [0.05, 0.1) is 15.2 Å². The molecule has 0 radical (unpaired) electrons. The van der Waals surface area contributed by atoms with E-state index in [1.807, 2.05) is 42.5 Å². The van der Waals surface area contributed by atoms with Crippen molar-refractivity contribution in [2.45, 2.75) is 6.61 Å². The molecule has 0 fully saturated rings. The number of hydrazone groups is 1. The zero-order valence-corrected chi connectivity index (χ0v) is 13.2. The van der Waals surface area contributed by atoms with Gasteiger partial charge >= 0.3 is 0 Å². The molecule has 0 saturated carbocycles. The second kappa shape index (κ2) is 6.73. The lowest BCUT2D eigenvalue weighted by Crippen LogP contribution is -1.97. The zero-order chi connectivity index (χ0) is 13.7. The van der Waals surface area contributed by atoms with E-state index in [9.17, 15) is 0 Å². The van der Waals surface area contributed by atoms with Gasteiger partial charge in [-0.3, -0.25) is 0 Å². The molecule has 2 rings (SSSR count). The van der Waals surface area contributed by atoms with E-state index in [1.54, 1.807) is 6.21 Å². The number of nitrogens with zero attached hydrogens (tertiary/aromatic N) is 1. The Morgan fingerprint density at radius 2 is 1.74 bits per heavy atom. The van der Waals surface area contributed by atoms with E-state index in [0.29, 0.717) is 6.61 Å². The van der Waals surface area contributed by atoms with Gasteiger partial charge < -0.3 is 10.6 Å². The van der Waals surface area contributed by atoms with Crippen LogP contribution in [-0.4, -0.2) is 6.21 Å². The minimum Gasteiger partial charge on any atom is -0.487 e. The summed E-state index contributed by atoms with van der Waals surface area (Å²) in [4.78, 5) is 0. The Labute approximate surface area is 128 Å². The average molecular weight is 384 g/mol. The van der Waals surface area contributed by atoms with E-state index in [1.165, 1.54) is 0 Å². The van der Waals surface area contributed by atoms with Crippen molar-refractivity contribution < 1.29 is 4.74 Å². The SMILES string of the molecule is N/N=C\c1cc(Br)c(OCc2ccccc2)c(Br)c1. The van der Waals surface area contributed by atoms with Crippen molar-refractivity contribution in [3.8, 4) is 5.75 Å². The van der Waals surface area contributed by atoms with Crippen LogP contribution in [0.5, 0.6) is 5.75 Å². The van der Waals surface area contributed by atoms with Gasteiger partial charge in [-0.05, 0) is 55.1 Å². The summed E-state index contributed by atoms with van der Waals surface area (Å²) in [7, 11) is 0. The van der Waals surface area contributed by atoms with E-state index in [-0.39, 0.29) is 0 Å². The van der Waals surface area contributed by atoms with Gasteiger partial charge in [0.25, 0.3) is 0 Å². The van der Waals surface area contributed by atoms with Gasteiger partial charge in [-0.1, -0.05) is 30.3 Å². The predicted molar refractivity (Wildman–Crippen MR) is 84.4 cm³/mol. The maximum Gasteiger partial charge on any atom is 0.148 e. The molecular formula is C14H12Br2N2O. The summed E-state index contributed by atoms with van der Waals surface area (Å²) in [6, 6.07) is 13.8. The van der Waals surface area contributed by atoms with Gasteiger partial charge in [0.2, 0.25) is 0 Å². The molecule has 0 aliphatic carbocycles. The highest BCUT2D eigenvalue weighted by Crippen LogP contribution is 2.34. The van der Waals surface area contributed by atoms with Gasteiger partial charge in [0.1, 0.15) is 12.4 Å². The summed E-state index contributed by atoms with van der Waals surface area (Å²) in [5, 5.41) is 3.50. The molecule has 19 heavy (non-hydrogen) atoms. The van der Waals surface area contributed by atoms with Gasteiger partial charge in [0, 0.05) is 0 Å². The molecule has 2 aromatic rings. The average Bonchev–Trinajstić information content (AvgIpc) is 2.39. The first-order chi connectivity index (χ1) is 9.20. The molecule has 0 spiro atoms. The summed E-state index contributed by atoms with van der Waals surface area (Å²) < 4.78 is 7.53. The quantitative estimate of drug-likeness (QED) is 0.491. The summed E-state index contributed by atoms with van der Waals surface area (Å²) in [5.41, 5.74) is 2.02. The number of benzene rings is 2. The molecule has 3 nitrogen and oxygen atoms in total. The fourth-order valence-electron chi connectivity index (χ4n) is 1.61. The molecule has 0 aliphatic heterocycles. The molecule has 2 aromatic carbocycles. The highest BCUT2D eigenvalue weighted by molar-refractivity contribution is 9.11. The van der Waals surface area contributed by atoms with Crippen molar-refractivity contribution in [3.63, 3.8) is 0 Å². The lowest BCUT2D eigenvalue weighted by atomic mass is 10.2. The summed E-state index contributed by atoms with van der Waals surface area (Å²) >= 11 is 6.97. The van der Waals surface area contributed by atoms with Gasteiger partial charge in [-0.25, -0.2) is 0 Å². The molecule has 0 atom stereocenters. The Morgan fingerprint density at radius 1 is 1.11 bits per heavy atom. The summed E-state index contributed by atoms with van der Waals surface area (Å²) in [6.45, 7) is 0.516. The zero-order valence-electron chi connectivity index (χ0n) is 10.0. The third kappa shape index (κ3) is 3.81. The van der Waals surface area contributed by atoms with Crippen molar-refractivity contribution >= 4 is 38.1 Å². The number of halogens is 2. The molecule has 0 bridgehead atoms. The number of hydrogen-bond acceptors (Lipinski definition) is 3. The Hall–Kier alpha value is -1.33. The summed E-state index contributed by atoms with van der Waals surface area (Å²) in [5.74, 6) is 5.90. The highest BCUT2D eigenvalue weighted by atomic mass is 79.9. The smallest absolute Gasteiger partial charge is 0.148 e. The molecule has 2 N–H and O–H groups in total. The molecule has 5 heteroatoms. The molecule has 98 valence electrons. The second-order valence-corrected chi connectivity index (χ2v) is 5.57. The van der Waals surface area contributed by atoms with Crippen LogP contribution in [0.15, 0.2) is 56.5 Å². The Kier molecular flexibility index (Phi) is 4.99. The van der Waals surface area contributed by atoms with Gasteiger partial charge in [-0.15, -0.1) is 0 Å². The van der Waals surface area contributed by atoms with Crippen LogP contribution < -0.4 is 10.6 Å². The fourth-order valence-corrected chi connectivity index (χ4v) is 3.06. The first kappa shape index (κ1) is 14.1. The van der Waals surface area contributed by atoms with E-state index >= 15 is 0 Å². The monoisotopic (exact) mass is 382 g/mol. The number of nitrogens with two attached hydrogens (primary N) is 1. The van der Waals surface area contributed by atoms with E-state index in [2.05, 4.69) is 37.0 Å². The molecule has 0 heterocycles. The number of rotatable bonds is 4. The van der Waals surface area contributed by atoms with Crippen LogP contribution in [0.4, 0.5) is 0 Å². The summed E-state index contributed by atoms with van der Waals surface area (Å²) in [6.07, 6.45) is 1.58. The Morgan fingerprint density at radius 3 is 2.32 bits per heavy atom. The molecular weight excluding hydrogens is 372 g/mol.